The summed E-state index contributed by atoms with van der Waals surface area (Å²) in [6, 6.07) is 10.8. The normalized spacial score (nSPS) is 11.6. The minimum Gasteiger partial charge on any atom is -0.326 e. The number of benzene rings is 2. The molecule has 0 heterocycles. The summed E-state index contributed by atoms with van der Waals surface area (Å²) in [7, 11) is -3.68. The molecule has 0 unspecified atom stereocenters. The monoisotopic (exact) mass is 308 g/mol. The predicted octanol–water partition coefficient (Wildman–Crippen LogP) is 2.07. The van der Waals surface area contributed by atoms with Crippen molar-refractivity contribution in [3.8, 4) is 0 Å². The lowest BCUT2D eigenvalue weighted by Crippen LogP contribution is -2.24. The van der Waals surface area contributed by atoms with Crippen molar-refractivity contribution in [3.63, 3.8) is 0 Å². The minimum absolute atomic E-state index is 0.0906. The van der Waals surface area contributed by atoms with Crippen molar-refractivity contribution in [2.45, 2.75) is 24.9 Å². The van der Waals surface area contributed by atoms with Crippen LogP contribution in [0, 0.1) is 12.7 Å². The fourth-order valence-corrected chi connectivity index (χ4v) is 3.05. The van der Waals surface area contributed by atoms with Gasteiger partial charge in [0.1, 0.15) is 5.82 Å². The van der Waals surface area contributed by atoms with E-state index in [1.165, 1.54) is 12.1 Å². The van der Waals surface area contributed by atoms with Crippen molar-refractivity contribution in [1.29, 1.82) is 0 Å². The summed E-state index contributed by atoms with van der Waals surface area (Å²) < 4.78 is 40.3. The zero-order valence-corrected chi connectivity index (χ0v) is 12.5. The van der Waals surface area contributed by atoms with E-state index in [2.05, 4.69) is 4.72 Å². The van der Waals surface area contributed by atoms with Crippen LogP contribution in [0.1, 0.15) is 16.7 Å². The molecule has 2 rings (SSSR count). The second kappa shape index (κ2) is 6.34. The molecule has 6 heteroatoms. The highest BCUT2D eigenvalue weighted by atomic mass is 32.2. The molecule has 0 aliphatic rings. The van der Waals surface area contributed by atoms with E-state index in [1.807, 2.05) is 0 Å². The van der Waals surface area contributed by atoms with Crippen molar-refractivity contribution in [2.75, 3.05) is 0 Å². The summed E-state index contributed by atoms with van der Waals surface area (Å²) in [6.07, 6.45) is 0. The summed E-state index contributed by atoms with van der Waals surface area (Å²) in [5.41, 5.74) is 7.56. The fourth-order valence-electron chi connectivity index (χ4n) is 1.96. The third-order valence-electron chi connectivity index (χ3n) is 3.25. The van der Waals surface area contributed by atoms with E-state index in [0.29, 0.717) is 12.1 Å². The average Bonchev–Trinajstić information content (AvgIpc) is 2.46. The van der Waals surface area contributed by atoms with Gasteiger partial charge >= 0.3 is 0 Å². The lowest BCUT2D eigenvalue weighted by molar-refractivity contribution is 0.574. The molecule has 0 saturated heterocycles. The zero-order chi connectivity index (χ0) is 15.5. The van der Waals surface area contributed by atoms with E-state index in [1.54, 1.807) is 37.3 Å². The van der Waals surface area contributed by atoms with Crippen LogP contribution in [0.25, 0.3) is 0 Å². The van der Waals surface area contributed by atoms with Gasteiger partial charge in [0.15, 0.2) is 0 Å². The number of nitrogens with one attached hydrogen (secondary N) is 1. The third-order valence-corrected chi connectivity index (χ3v) is 4.65. The molecule has 21 heavy (non-hydrogen) atoms. The Morgan fingerprint density at radius 2 is 1.86 bits per heavy atom. The van der Waals surface area contributed by atoms with Gasteiger partial charge in [0.05, 0.1) is 4.90 Å². The lowest BCUT2D eigenvalue weighted by atomic mass is 10.1. The highest BCUT2D eigenvalue weighted by Crippen LogP contribution is 2.16. The minimum atomic E-state index is -3.68. The summed E-state index contributed by atoms with van der Waals surface area (Å²) >= 11 is 0. The number of halogens is 1. The number of nitrogens with two attached hydrogens (primary N) is 1. The van der Waals surface area contributed by atoms with E-state index in [9.17, 15) is 12.8 Å². The molecule has 0 aliphatic carbocycles. The van der Waals surface area contributed by atoms with Crippen LogP contribution >= 0.6 is 0 Å². The smallest absolute Gasteiger partial charge is 0.240 e. The number of hydrogen-bond donors (Lipinski definition) is 2. The van der Waals surface area contributed by atoms with Gasteiger partial charge in [-0.25, -0.2) is 17.5 Å². The molecule has 2 aromatic carbocycles. The number of hydrogen-bond acceptors (Lipinski definition) is 3. The van der Waals surface area contributed by atoms with Gasteiger partial charge < -0.3 is 5.73 Å². The maximum atomic E-state index is 13.5. The molecule has 0 fully saturated rings. The summed E-state index contributed by atoms with van der Waals surface area (Å²) in [5, 5.41) is 0. The van der Waals surface area contributed by atoms with Crippen LogP contribution < -0.4 is 10.5 Å². The Morgan fingerprint density at radius 1 is 1.14 bits per heavy atom. The standard InChI is InChI=1S/C15H17FN2O2S/c1-11-8-14(7-6-12(11)9-17)21(19,20)18-10-13-4-2-3-5-15(13)16/h2-8,18H,9-10,17H2,1H3. The van der Waals surface area contributed by atoms with Crippen molar-refractivity contribution in [3.05, 3.63) is 65.0 Å². The Labute approximate surface area is 123 Å². The summed E-state index contributed by atoms with van der Waals surface area (Å²) in [5.74, 6) is -0.435. The van der Waals surface area contributed by atoms with Crippen LogP contribution in [0.15, 0.2) is 47.4 Å². The number of sulfonamides is 1. The Hall–Kier alpha value is -1.76. The average molecular weight is 308 g/mol. The second-order valence-electron chi connectivity index (χ2n) is 4.71. The summed E-state index contributed by atoms with van der Waals surface area (Å²) in [6.45, 7) is 2.07. The van der Waals surface area contributed by atoms with Gasteiger partial charge in [0, 0.05) is 18.7 Å². The van der Waals surface area contributed by atoms with Gasteiger partial charge in [0.2, 0.25) is 10.0 Å². The van der Waals surface area contributed by atoms with Crippen LogP contribution in [0.2, 0.25) is 0 Å². The van der Waals surface area contributed by atoms with Gasteiger partial charge in [-0.1, -0.05) is 24.3 Å². The molecule has 112 valence electrons. The van der Waals surface area contributed by atoms with Gasteiger partial charge in [-0.2, -0.15) is 0 Å². The molecule has 3 N–H and O–H groups in total. The van der Waals surface area contributed by atoms with Crippen LogP contribution in [0.5, 0.6) is 0 Å². The molecule has 0 saturated carbocycles. The molecule has 0 aromatic heterocycles. The van der Waals surface area contributed by atoms with Gasteiger partial charge in [-0.05, 0) is 36.2 Å². The second-order valence-corrected chi connectivity index (χ2v) is 6.48. The van der Waals surface area contributed by atoms with Gasteiger partial charge in [-0.3, -0.25) is 0 Å². The zero-order valence-electron chi connectivity index (χ0n) is 11.6. The van der Waals surface area contributed by atoms with E-state index >= 15 is 0 Å². The van der Waals surface area contributed by atoms with E-state index in [4.69, 9.17) is 5.73 Å². The first-order valence-electron chi connectivity index (χ1n) is 6.46. The Bertz CT molecular complexity index is 745. The quantitative estimate of drug-likeness (QED) is 0.888. The van der Waals surface area contributed by atoms with E-state index in [0.717, 1.165) is 11.1 Å². The molecular weight excluding hydrogens is 291 g/mol. The van der Waals surface area contributed by atoms with E-state index < -0.39 is 15.8 Å². The molecule has 0 spiro atoms. The first kappa shape index (κ1) is 15.6. The van der Waals surface area contributed by atoms with Crippen molar-refractivity contribution in [1.82, 2.24) is 4.72 Å². The molecule has 0 radical (unpaired) electrons. The molecule has 0 aliphatic heterocycles. The number of rotatable bonds is 5. The fraction of sp³-hybridized carbons (Fsp3) is 0.200. The molecule has 2 aromatic rings. The topological polar surface area (TPSA) is 72.2 Å². The Balaban J connectivity index is 2.19. The lowest BCUT2D eigenvalue weighted by Gasteiger charge is -2.10. The Morgan fingerprint density at radius 3 is 2.48 bits per heavy atom. The highest BCUT2D eigenvalue weighted by Gasteiger charge is 2.15. The van der Waals surface area contributed by atoms with Gasteiger partial charge in [-0.15, -0.1) is 0 Å². The van der Waals surface area contributed by atoms with Crippen molar-refractivity contribution >= 4 is 10.0 Å². The van der Waals surface area contributed by atoms with Gasteiger partial charge in [0.25, 0.3) is 0 Å². The molecular formula is C15H17FN2O2S. The van der Waals surface area contributed by atoms with Crippen LogP contribution in [0.3, 0.4) is 0 Å². The van der Waals surface area contributed by atoms with Crippen LogP contribution in [0.4, 0.5) is 4.39 Å². The molecule has 4 nitrogen and oxygen atoms in total. The largest absolute Gasteiger partial charge is 0.326 e. The maximum Gasteiger partial charge on any atom is 0.240 e. The molecule has 0 bridgehead atoms. The van der Waals surface area contributed by atoms with Crippen molar-refractivity contribution < 1.29 is 12.8 Å². The SMILES string of the molecule is Cc1cc(S(=O)(=O)NCc2ccccc2F)ccc1CN. The molecule has 0 amide bonds. The third kappa shape index (κ3) is 3.66. The van der Waals surface area contributed by atoms with Crippen LogP contribution in [-0.4, -0.2) is 8.42 Å². The first-order valence-corrected chi connectivity index (χ1v) is 7.95. The molecule has 0 atom stereocenters. The van der Waals surface area contributed by atoms with E-state index in [-0.39, 0.29) is 11.4 Å². The maximum absolute atomic E-state index is 13.5. The van der Waals surface area contributed by atoms with Crippen molar-refractivity contribution in [2.24, 2.45) is 5.73 Å². The number of aryl methyl sites for hydroxylation is 1. The Kier molecular flexibility index (Phi) is 4.72. The highest BCUT2D eigenvalue weighted by molar-refractivity contribution is 7.89. The predicted molar refractivity (Wildman–Crippen MR) is 79.5 cm³/mol. The first-order chi connectivity index (χ1) is 9.94. The summed E-state index contributed by atoms with van der Waals surface area (Å²) in [4.78, 5) is 0.147. The van der Waals surface area contributed by atoms with Crippen LogP contribution in [-0.2, 0) is 23.1 Å².